The van der Waals surface area contributed by atoms with Gasteiger partial charge in [-0.1, -0.05) is 22.0 Å². The summed E-state index contributed by atoms with van der Waals surface area (Å²) in [5, 5.41) is 11.5. The molecule has 1 heterocycles. The average Bonchev–Trinajstić information content (AvgIpc) is 2.84. The third kappa shape index (κ3) is 3.93. The van der Waals surface area contributed by atoms with Crippen molar-refractivity contribution in [3.05, 3.63) is 47.0 Å². The Bertz CT molecular complexity index is 645. The summed E-state index contributed by atoms with van der Waals surface area (Å²) in [7, 11) is 0. The number of nitriles is 1. The van der Waals surface area contributed by atoms with E-state index >= 15 is 0 Å². The van der Waals surface area contributed by atoms with Crippen LogP contribution in [0, 0.1) is 11.3 Å². The number of carbonyl (C=O) groups is 1. The number of halogens is 1. The Morgan fingerprint density at radius 1 is 1.50 bits per heavy atom. The number of anilines is 1. The predicted molar refractivity (Wildman–Crippen MR) is 78.9 cm³/mol. The van der Waals surface area contributed by atoms with Gasteiger partial charge in [0.1, 0.15) is 5.82 Å². The van der Waals surface area contributed by atoms with Gasteiger partial charge in [0.15, 0.2) is 0 Å². The largest absolute Gasteiger partial charge is 0.334 e. The molecule has 0 radical (unpaired) electrons. The van der Waals surface area contributed by atoms with E-state index < -0.39 is 0 Å². The van der Waals surface area contributed by atoms with Gasteiger partial charge in [0, 0.05) is 35.5 Å². The van der Waals surface area contributed by atoms with Gasteiger partial charge in [0.05, 0.1) is 12.5 Å². The van der Waals surface area contributed by atoms with Crippen molar-refractivity contribution in [2.75, 3.05) is 5.32 Å². The molecule has 1 aromatic carbocycles. The molecule has 1 amide bonds. The molecule has 0 spiro atoms. The van der Waals surface area contributed by atoms with Crippen LogP contribution in [0.4, 0.5) is 5.69 Å². The number of aromatic nitrogens is 2. The van der Waals surface area contributed by atoms with Crippen LogP contribution in [-0.4, -0.2) is 15.5 Å². The smallest absolute Gasteiger partial charge is 0.226 e. The first-order chi connectivity index (χ1) is 9.69. The number of hydrogen-bond acceptors (Lipinski definition) is 3. The Morgan fingerprint density at radius 2 is 2.35 bits per heavy atom. The minimum atomic E-state index is -0.0697. The van der Waals surface area contributed by atoms with Crippen LogP contribution in [0.1, 0.15) is 12.2 Å². The van der Waals surface area contributed by atoms with E-state index in [9.17, 15) is 4.79 Å². The van der Waals surface area contributed by atoms with Crippen LogP contribution >= 0.6 is 15.9 Å². The van der Waals surface area contributed by atoms with Crippen LogP contribution in [0.5, 0.6) is 0 Å². The van der Waals surface area contributed by atoms with Crippen molar-refractivity contribution in [2.24, 2.45) is 0 Å². The van der Waals surface area contributed by atoms with Crippen molar-refractivity contribution in [1.82, 2.24) is 9.55 Å². The molecule has 102 valence electrons. The highest BCUT2D eigenvalue weighted by Crippen LogP contribution is 2.15. The van der Waals surface area contributed by atoms with Crippen LogP contribution in [0.2, 0.25) is 0 Å². The summed E-state index contributed by atoms with van der Waals surface area (Å²) < 4.78 is 2.74. The number of carbonyl (C=O) groups excluding carboxylic acids is 1. The lowest BCUT2D eigenvalue weighted by atomic mass is 10.3. The first-order valence-electron chi connectivity index (χ1n) is 6.11. The third-order valence-corrected chi connectivity index (χ3v) is 3.22. The molecule has 1 aromatic heterocycles. The van der Waals surface area contributed by atoms with Crippen LogP contribution in [0.15, 0.2) is 41.1 Å². The second-order valence-electron chi connectivity index (χ2n) is 4.18. The summed E-state index contributed by atoms with van der Waals surface area (Å²) in [6.07, 6.45) is 4.00. The summed E-state index contributed by atoms with van der Waals surface area (Å²) in [5.74, 6) is 0.613. The molecule has 0 atom stereocenters. The average molecular weight is 333 g/mol. The van der Waals surface area contributed by atoms with E-state index in [0.29, 0.717) is 18.8 Å². The molecule has 0 aliphatic heterocycles. The van der Waals surface area contributed by atoms with Crippen LogP contribution in [0.3, 0.4) is 0 Å². The predicted octanol–water partition coefficient (Wildman–Crippen LogP) is 2.74. The SMILES string of the molecule is N#CCc1nccn1CCC(=O)Nc1cccc(Br)c1. The van der Waals surface area contributed by atoms with Crippen molar-refractivity contribution in [3.8, 4) is 6.07 Å². The Labute approximate surface area is 125 Å². The molecule has 0 bridgehead atoms. The van der Waals surface area contributed by atoms with E-state index in [2.05, 4.69) is 32.3 Å². The highest BCUT2D eigenvalue weighted by atomic mass is 79.9. The van der Waals surface area contributed by atoms with E-state index in [1.165, 1.54) is 0 Å². The van der Waals surface area contributed by atoms with Gasteiger partial charge < -0.3 is 9.88 Å². The number of nitrogens with zero attached hydrogens (tertiary/aromatic N) is 3. The van der Waals surface area contributed by atoms with E-state index in [-0.39, 0.29) is 12.3 Å². The van der Waals surface area contributed by atoms with Gasteiger partial charge in [-0.15, -0.1) is 0 Å². The van der Waals surface area contributed by atoms with Crippen molar-refractivity contribution in [2.45, 2.75) is 19.4 Å². The lowest BCUT2D eigenvalue weighted by Gasteiger charge is -2.07. The maximum absolute atomic E-state index is 11.9. The van der Waals surface area contributed by atoms with Gasteiger partial charge in [0.2, 0.25) is 5.91 Å². The molecule has 0 saturated heterocycles. The van der Waals surface area contributed by atoms with Crippen molar-refractivity contribution in [3.63, 3.8) is 0 Å². The monoisotopic (exact) mass is 332 g/mol. The quantitative estimate of drug-likeness (QED) is 0.915. The Morgan fingerprint density at radius 3 is 3.10 bits per heavy atom. The van der Waals surface area contributed by atoms with Gasteiger partial charge in [-0.2, -0.15) is 5.26 Å². The normalized spacial score (nSPS) is 10.0. The summed E-state index contributed by atoms with van der Waals surface area (Å²) in [6, 6.07) is 9.49. The van der Waals surface area contributed by atoms with Gasteiger partial charge in [-0.3, -0.25) is 4.79 Å². The molecule has 0 fully saturated rings. The zero-order chi connectivity index (χ0) is 14.4. The van der Waals surface area contributed by atoms with Gasteiger partial charge >= 0.3 is 0 Å². The second kappa shape index (κ2) is 6.87. The molecule has 0 aliphatic carbocycles. The number of imidazole rings is 1. The van der Waals surface area contributed by atoms with E-state index in [0.717, 1.165) is 10.2 Å². The maximum atomic E-state index is 11.9. The van der Waals surface area contributed by atoms with Crippen LogP contribution in [0.25, 0.3) is 0 Å². The molecule has 0 unspecified atom stereocenters. The second-order valence-corrected chi connectivity index (χ2v) is 5.10. The Kier molecular flexibility index (Phi) is 4.91. The fraction of sp³-hybridized carbons (Fsp3) is 0.214. The molecular weight excluding hydrogens is 320 g/mol. The molecule has 0 aliphatic rings. The molecule has 0 saturated carbocycles. The summed E-state index contributed by atoms with van der Waals surface area (Å²) >= 11 is 3.36. The zero-order valence-electron chi connectivity index (χ0n) is 10.7. The standard InChI is InChI=1S/C14H13BrN4O/c15-11-2-1-3-12(10-11)18-14(20)5-8-19-9-7-17-13(19)4-6-16/h1-3,7,9-10H,4-5,8H2,(H,18,20). The van der Waals surface area contributed by atoms with E-state index in [4.69, 9.17) is 5.26 Å². The fourth-order valence-electron chi connectivity index (χ4n) is 1.79. The highest BCUT2D eigenvalue weighted by molar-refractivity contribution is 9.10. The minimum Gasteiger partial charge on any atom is -0.334 e. The summed E-state index contributed by atoms with van der Waals surface area (Å²) in [4.78, 5) is 15.9. The number of benzene rings is 1. The van der Waals surface area contributed by atoms with Crippen molar-refractivity contribution in [1.29, 1.82) is 5.26 Å². The first kappa shape index (κ1) is 14.3. The van der Waals surface area contributed by atoms with Crippen LogP contribution < -0.4 is 5.32 Å². The number of rotatable bonds is 5. The number of hydrogen-bond donors (Lipinski definition) is 1. The molecule has 1 N–H and O–H groups in total. The summed E-state index contributed by atoms with van der Waals surface area (Å²) in [6.45, 7) is 0.511. The topological polar surface area (TPSA) is 70.7 Å². The van der Waals surface area contributed by atoms with E-state index in [1.807, 2.05) is 28.8 Å². The van der Waals surface area contributed by atoms with Crippen molar-refractivity contribution < 1.29 is 4.79 Å². The molecular formula is C14H13BrN4O. The highest BCUT2D eigenvalue weighted by Gasteiger charge is 2.06. The Balaban J connectivity index is 1.89. The van der Waals surface area contributed by atoms with Crippen LogP contribution in [-0.2, 0) is 17.8 Å². The summed E-state index contributed by atoms with van der Waals surface area (Å²) in [5.41, 5.74) is 0.757. The zero-order valence-corrected chi connectivity index (χ0v) is 12.3. The molecule has 20 heavy (non-hydrogen) atoms. The van der Waals surface area contributed by atoms with E-state index in [1.54, 1.807) is 12.4 Å². The first-order valence-corrected chi connectivity index (χ1v) is 6.90. The van der Waals surface area contributed by atoms with Gasteiger partial charge in [0.25, 0.3) is 0 Å². The van der Waals surface area contributed by atoms with Gasteiger partial charge in [-0.25, -0.2) is 4.98 Å². The fourth-order valence-corrected chi connectivity index (χ4v) is 2.19. The Hall–Kier alpha value is -2.13. The lowest BCUT2D eigenvalue weighted by molar-refractivity contribution is -0.116. The molecule has 5 nitrogen and oxygen atoms in total. The number of nitrogens with one attached hydrogen (secondary N) is 1. The lowest BCUT2D eigenvalue weighted by Crippen LogP contribution is -2.15. The van der Waals surface area contributed by atoms with Gasteiger partial charge in [-0.05, 0) is 18.2 Å². The third-order valence-electron chi connectivity index (χ3n) is 2.73. The maximum Gasteiger partial charge on any atom is 0.226 e. The molecule has 2 aromatic rings. The number of amides is 1. The number of aryl methyl sites for hydroxylation is 1. The molecule has 6 heteroatoms. The van der Waals surface area contributed by atoms with Crippen molar-refractivity contribution >= 4 is 27.5 Å². The molecule has 2 rings (SSSR count). The minimum absolute atomic E-state index is 0.0697.